The van der Waals surface area contributed by atoms with Crippen molar-refractivity contribution in [2.75, 3.05) is 39.6 Å². The van der Waals surface area contributed by atoms with E-state index in [2.05, 4.69) is 174 Å². The zero-order chi connectivity index (χ0) is 78.9. The average Bonchev–Trinajstić information content (AvgIpc) is 0.923. The molecule has 0 fully saturated rings. The van der Waals surface area contributed by atoms with Crippen LogP contribution in [-0.2, 0) is 65.4 Å². The molecule has 0 spiro atoms. The van der Waals surface area contributed by atoms with Crippen molar-refractivity contribution in [1.82, 2.24) is 0 Å². The van der Waals surface area contributed by atoms with E-state index in [1.807, 2.05) is 0 Å². The summed E-state index contributed by atoms with van der Waals surface area (Å²) in [6.45, 7) is 4.50. The molecule has 17 nitrogen and oxygen atoms in total. The van der Waals surface area contributed by atoms with E-state index in [1.54, 1.807) is 0 Å². The molecule has 0 heterocycles. The van der Waals surface area contributed by atoms with Gasteiger partial charge in [-0.2, -0.15) is 0 Å². The second kappa shape index (κ2) is 80.0. The molecule has 5 atom stereocenters. The monoisotopic (exact) mass is 1550 g/mol. The van der Waals surface area contributed by atoms with Gasteiger partial charge >= 0.3 is 39.5 Å². The molecule has 618 valence electrons. The van der Waals surface area contributed by atoms with Crippen molar-refractivity contribution in [1.29, 1.82) is 0 Å². The molecule has 5 unspecified atom stereocenters. The number of phosphoric ester groups is 2. The van der Waals surface area contributed by atoms with Crippen LogP contribution in [-0.4, -0.2) is 96.7 Å². The maximum atomic E-state index is 13.1. The van der Waals surface area contributed by atoms with Gasteiger partial charge in [0.15, 0.2) is 12.2 Å². The number of carbonyl (C=O) groups is 4. The van der Waals surface area contributed by atoms with Gasteiger partial charge in [-0.15, -0.1) is 0 Å². The summed E-state index contributed by atoms with van der Waals surface area (Å²) in [5.41, 5.74) is 0. The van der Waals surface area contributed by atoms with E-state index in [-0.39, 0.29) is 25.7 Å². The summed E-state index contributed by atoms with van der Waals surface area (Å²) in [5, 5.41) is 10.7. The molecule has 0 saturated carbocycles. The Hall–Kier alpha value is -5.06. The minimum absolute atomic E-state index is 0.0681. The lowest BCUT2D eigenvalue weighted by molar-refractivity contribution is -0.161. The third-order valence-corrected chi connectivity index (χ3v) is 19.2. The molecule has 0 amide bonds. The van der Waals surface area contributed by atoms with Crippen molar-refractivity contribution < 1.29 is 80.2 Å². The highest BCUT2D eigenvalue weighted by atomic mass is 31.2. The third kappa shape index (κ3) is 79.0. The van der Waals surface area contributed by atoms with Crippen molar-refractivity contribution in [3.63, 3.8) is 0 Å². The molecule has 3 N–H and O–H groups in total. The van der Waals surface area contributed by atoms with Gasteiger partial charge in [0.25, 0.3) is 0 Å². The Labute approximate surface area is 656 Å². The lowest BCUT2D eigenvalue weighted by atomic mass is 10.0. The normalized spacial score (nSPS) is 14.5. The summed E-state index contributed by atoms with van der Waals surface area (Å²) in [7, 11) is -9.99. The fraction of sp³-hybridized carbons (Fsp3) is 0.685. The van der Waals surface area contributed by atoms with Gasteiger partial charge in [0.05, 0.1) is 26.4 Å². The highest BCUT2D eigenvalue weighted by molar-refractivity contribution is 7.47. The predicted molar refractivity (Wildman–Crippen MR) is 445 cm³/mol. The molecular formula is C89H150O17P2. The van der Waals surface area contributed by atoms with Gasteiger partial charge in [-0.1, -0.05) is 315 Å². The van der Waals surface area contributed by atoms with Gasteiger partial charge in [0.1, 0.15) is 19.3 Å². The molecule has 0 radical (unpaired) electrons. The predicted octanol–water partition coefficient (Wildman–Crippen LogP) is 25.0. The van der Waals surface area contributed by atoms with Crippen molar-refractivity contribution in [3.8, 4) is 0 Å². The molecule has 0 aliphatic carbocycles. The largest absolute Gasteiger partial charge is 0.472 e. The summed E-state index contributed by atoms with van der Waals surface area (Å²) in [4.78, 5) is 73.2. The lowest BCUT2D eigenvalue weighted by Gasteiger charge is -2.21. The summed E-state index contributed by atoms with van der Waals surface area (Å²) >= 11 is 0. The first kappa shape index (κ1) is 103. The summed E-state index contributed by atoms with van der Waals surface area (Å²) < 4.78 is 68.7. The number of allylic oxidation sites excluding steroid dienone is 24. The van der Waals surface area contributed by atoms with Gasteiger partial charge in [-0.25, -0.2) is 9.13 Å². The Morgan fingerprint density at radius 1 is 0.269 bits per heavy atom. The summed E-state index contributed by atoms with van der Waals surface area (Å²) in [5.74, 6) is -2.24. The Balaban J connectivity index is 5.41. The van der Waals surface area contributed by atoms with Crippen LogP contribution in [0.15, 0.2) is 146 Å². The fourth-order valence-corrected chi connectivity index (χ4v) is 12.6. The van der Waals surface area contributed by atoms with E-state index in [0.29, 0.717) is 25.7 Å². The number of carbonyl (C=O) groups excluding carboxylic acids is 4. The van der Waals surface area contributed by atoms with Crippen LogP contribution < -0.4 is 0 Å². The lowest BCUT2D eigenvalue weighted by Crippen LogP contribution is -2.30. The fourth-order valence-electron chi connectivity index (χ4n) is 11.0. The highest BCUT2D eigenvalue weighted by Gasteiger charge is 2.30. The SMILES string of the molecule is CC/C=C\C/C=C\C/C=C\C/C=C\C/C=C\CCCCCC(=O)OCC(COP(=O)(O)OCC(O)COP(=O)(O)OCC(COC(=O)CCCCCCCC/C=C\C/C=C\C/C=C\C/C=C\CC)OC(=O)CCCCCCC/C=C\C/C=C\C/C=C\CC)OC(=O)CCCCCCCCCCCCCCCCC. The van der Waals surface area contributed by atoms with E-state index in [4.69, 9.17) is 37.0 Å². The molecule has 0 aromatic rings. The summed E-state index contributed by atoms with van der Waals surface area (Å²) in [6, 6.07) is 0. The molecule has 0 bridgehead atoms. The number of rotatable bonds is 78. The number of unbranched alkanes of at least 4 members (excludes halogenated alkanes) is 28. The van der Waals surface area contributed by atoms with Crippen LogP contribution in [0, 0.1) is 0 Å². The van der Waals surface area contributed by atoms with E-state index in [0.717, 1.165) is 193 Å². The van der Waals surface area contributed by atoms with Crippen LogP contribution in [0.4, 0.5) is 0 Å². The van der Waals surface area contributed by atoms with E-state index >= 15 is 0 Å². The molecule has 0 aliphatic rings. The Morgan fingerprint density at radius 2 is 0.481 bits per heavy atom. The number of aliphatic hydroxyl groups is 1. The number of esters is 4. The van der Waals surface area contributed by atoms with Gasteiger partial charge < -0.3 is 33.8 Å². The minimum atomic E-state index is -4.99. The number of hydrogen-bond donors (Lipinski definition) is 3. The topological polar surface area (TPSA) is 237 Å². The Morgan fingerprint density at radius 3 is 0.750 bits per heavy atom. The molecule has 108 heavy (non-hydrogen) atoms. The second-order valence-electron chi connectivity index (χ2n) is 27.6. The van der Waals surface area contributed by atoms with Crippen LogP contribution in [0.2, 0.25) is 0 Å². The zero-order valence-corrected chi connectivity index (χ0v) is 69.5. The first-order valence-corrected chi connectivity index (χ1v) is 45.1. The number of phosphoric acid groups is 2. The van der Waals surface area contributed by atoms with Crippen molar-refractivity contribution in [2.24, 2.45) is 0 Å². The van der Waals surface area contributed by atoms with Crippen molar-refractivity contribution >= 4 is 39.5 Å². The van der Waals surface area contributed by atoms with Crippen LogP contribution in [0.5, 0.6) is 0 Å². The van der Waals surface area contributed by atoms with E-state index in [9.17, 15) is 43.2 Å². The minimum Gasteiger partial charge on any atom is -0.462 e. The summed E-state index contributed by atoms with van der Waals surface area (Å²) in [6.07, 6.45) is 92.4. The van der Waals surface area contributed by atoms with Crippen LogP contribution >= 0.6 is 15.6 Å². The highest BCUT2D eigenvalue weighted by Crippen LogP contribution is 2.45. The number of hydrogen-bond acceptors (Lipinski definition) is 15. The quantitative estimate of drug-likeness (QED) is 0.0169. The standard InChI is InChI=1S/C89H150O17P2/c1-5-9-13-17-21-25-29-33-37-39-41-43-47-49-53-57-61-65-69-73-86(91)99-79-84(105-88(93)75-71-67-63-59-55-51-45-35-31-27-23-19-15-11-7-3)81-103-107(95,96)101-77-83(90)78-102-108(97,98)104-82-85(106-89(94)76-72-68-64-60-56-52-46-36-32-28-24-20-16-12-8-4)80-100-87(92)74-70-66-62-58-54-50-48-44-42-40-38-34-30-26-22-18-14-10-6-2/h9-11,13-15,21-23,25-27,33-35,37-38,41-45,50,54,83-85,90H,5-8,12,16-20,24,28-32,36,39-40,46-49,51-53,55-82H2,1-4H3,(H,95,96)(H,97,98)/b13-9-,14-10-,15-11-,25-21-,26-22-,27-23-,37-33-,38-34-,43-41-,44-42-,45-35-,54-50-. The zero-order valence-electron chi connectivity index (χ0n) is 67.7. The van der Waals surface area contributed by atoms with Crippen molar-refractivity contribution in [3.05, 3.63) is 146 Å². The molecule has 0 saturated heterocycles. The molecular weight excluding hydrogens is 1400 g/mol. The molecule has 0 aromatic carbocycles. The van der Waals surface area contributed by atoms with Crippen LogP contribution in [0.25, 0.3) is 0 Å². The van der Waals surface area contributed by atoms with Gasteiger partial charge in [-0.3, -0.25) is 37.3 Å². The first-order valence-electron chi connectivity index (χ1n) is 42.1. The Kier molecular flexibility index (Phi) is 76.3. The number of aliphatic hydroxyl groups excluding tert-OH is 1. The van der Waals surface area contributed by atoms with Crippen LogP contribution in [0.3, 0.4) is 0 Å². The number of ether oxygens (including phenoxy) is 4. The van der Waals surface area contributed by atoms with Gasteiger partial charge in [-0.05, 0) is 141 Å². The average molecular weight is 1550 g/mol. The smallest absolute Gasteiger partial charge is 0.462 e. The Bertz CT molecular complexity index is 2610. The molecule has 0 aliphatic heterocycles. The maximum Gasteiger partial charge on any atom is 0.472 e. The molecule has 19 heteroatoms. The van der Waals surface area contributed by atoms with Crippen LogP contribution in [0.1, 0.15) is 336 Å². The van der Waals surface area contributed by atoms with E-state index < -0.39 is 97.5 Å². The maximum absolute atomic E-state index is 13.1. The van der Waals surface area contributed by atoms with Gasteiger partial charge in [0.2, 0.25) is 0 Å². The molecule has 0 aromatic heterocycles. The third-order valence-electron chi connectivity index (χ3n) is 17.3. The van der Waals surface area contributed by atoms with Crippen molar-refractivity contribution in [2.45, 2.75) is 354 Å². The van der Waals surface area contributed by atoms with Gasteiger partial charge in [0, 0.05) is 25.7 Å². The molecule has 0 rings (SSSR count). The first-order chi connectivity index (χ1) is 52.7. The van der Waals surface area contributed by atoms with E-state index in [1.165, 1.54) is 64.2 Å². The second-order valence-corrected chi connectivity index (χ2v) is 30.5.